The van der Waals surface area contributed by atoms with Crippen LogP contribution in [0.3, 0.4) is 0 Å². The van der Waals surface area contributed by atoms with Crippen molar-refractivity contribution in [1.29, 1.82) is 0 Å². The molecule has 2 amide bonds. The highest BCUT2D eigenvalue weighted by Gasteiger charge is 2.20. The van der Waals surface area contributed by atoms with E-state index in [9.17, 15) is 9.59 Å². The molecule has 1 aromatic heterocycles. The SMILES string of the molecule is CC(=O)N1CCN(c2cc(C(=O)NCc3cccc(C)c3)ccn2)CC1. The second-order valence-corrected chi connectivity index (χ2v) is 6.57. The fraction of sp³-hybridized carbons (Fsp3) is 0.350. The number of hydrogen-bond acceptors (Lipinski definition) is 4. The molecule has 6 nitrogen and oxygen atoms in total. The minimum atomic E-state index is -0.113. The fourth-order valence-electron chi connectivity index (χ4n) is 3.09. The molecule has 1 aromatic carbocycles. The second kappa shape index (κ2) is 7.99. The van der Waals surface area contributed by atoms with Gasteiger partial charge in [0.2, 0.25) is 5.91 Å². The van der Waals surface area contributed by atoms with Crippen molar-refractivity contribution in [2.45, 2.75) is 20.4 Å². The minimum absolute atomic E-state index is 0.0990. The number of hydrogen-bond donors (Lipinski definition) is 1. The number of amides is 2. The zero-order valence-electron chi connectivity index (χ0n) is 15.2. The standard InChI is InChI=1S/C20H24N4O2/c1-15-4-3-5-17(12-15)14-22-20(26)18-6-7-21-19(13-18)24-10-8-23(9-11-24)16(2)25/h3-7,12-13H,8-11,14H2,1-2H3,(H,22,26). The van der Waals surface area contributed by atoms with Crippen LogP contribution >= 0.6 is 0 Å². The number of carbonyl (C=O) groups excluding carboxylic acids is 2. The fourth-order valence-corrected chi connectivity index (χ4v) is 3.09. The Hall–Kier alpha value is -2.89. The van der Waals surface area contributed by atoms with Gasteiger partial charge in [-0.15, -0.1) is 0 Å². The van der Waals surface area contributed by atoms with Gasteiger partial charge in [0.25, 0.3) is 5.91 Å². The molecule has 26 heavy (non-hydrogen) atoms. The van der Waals surface area contributed by atoms with E-state index in [1.54, 1.807) is 19.2 Å². The van der Waals surface area contributed by atoms with Gasteiger partial charge in [-0.05, 0) is 24.6 Å². The largest absolute Gasteiger partial charge is 0.353 e. The Morgan fingerprint density at radius 2 is 1.88 bits per heavy atom. The minimum Gasteiger partial charge on any atom is -0.353 e. The molecule has 2 aromatic rings. The van der Waals surface area contributed by atoms with Gasteiger partial charge in [0.1, 0.15) is 5.82 Å². The second-order valence-electron chi connectivity index (χ2n) is 6.57. The van der Waals surface area contributed by atoms with Crippen molar-refractivity contribution in [1.82, 2.24) is 15.2 Å². The molecule has 6 heteroatoms. The molecule has 0 unspecified atom stereocenters. The maximum absolute atomic E-state index is 12.5. The maximum atomic E-state index is 12.5. The van der Waals surface area contributed by atoms with E-state index in [2.05, 4.69) is 21.3 Å². The quantitative estimate of drug-likeness (QED) is 0.914. The van der Waals surface area contributed by atoms with E-state index in [4.69, 9.17) is 0 Å². The monoisotopic (exact) mass is 352 g/mol. The first-order chi connectivity index (χ1) is 12.5. The van der Waals surface area contributed by atoms with E-state index >= 15 is 0 Å². The van der Waals surface area contributed by atoms with Gasteiger partial charge in [0.15, 0.2) is 0 Å². The molecule has 0 atom stereocenters. The topological polar surface area (TPSA) is 65.5 Å². The van der Waals surface area contributed by atoms with Crippen LogP contribution in [0.5, 0.6) is 0 Å². The lowest BCUT2D eigenvalue weighted by Gasteiger charge is -2.35. The molecular weight excluding hydrogens is 328 g/mol. The first-order valence-corrected chi connectivity index (χ1v) is 8.83. The molecule has 2 heterocycles. The van der Waals surface area contributed by atoms with Crippen LogP contribution in [0.4, 0.5) is 5.82 Å². The van der Waals surface area contributed by atoms with Crippen molar-refractivity contribution in [3.8, 4) is 0 Å². The van der Waals surface area contributed by atoms with Crippen molar-refractivity contribution >= 4 is 17.6 Å². The number of aromatic nitrogens is 1. The third-order valence-electron chi connectivity index (χ3n) is 4.59. The molecular formula is C20H24N4O2. The lowest BCUT2D eigenvalue weighted by atomic mass is 10.1. The lowest BCUT2D eigenvalue weighted by molar-refractivity contribution is -0.129. The van der Waals surface area contributed by atoms with Gasteiger partial charge in [-0.2, -0.15) is 0 Å². The number of aryl methyl sites for hydroxylation is 1. The predicted octanol–water partition coefficient (Wildman–Crippen LogP) is 1.99. The van der Waals surface area contributed by atoms with Crippen molar-refractivity contribution in [3.05, 3.63) is 59.3 Å². The number of pyridine rings is 1. The molecule has 3 rings (SSSR count). The van der Waals surface area contributed by atoms with Crippen LogP contribution in [0.15, 0.2) is 42.6 Å². The lowest BCUT2D eigenvalue weighted by Crippen LogP contribution is -2.48. The molecule has 0 radical (unpaired) electrons. The van der Waals surface area contributed by atoms with Gasteiger partial charge in [-0.3, -0.25) is 9.59 Å². The van der Waals surface area contributed by atoms with E-state index in [-0.39, 0.29) is 11.8 Å². The van der Waals surface area contributed by atoms with Crippen molar-refractivity contribution in [2.75, 3.05) is 31.1 Å². The first-order valence-electron chi connectivity index (χ1n) is 8.83. The van der Waals surface area contributed by atoms with E-state index in [1.165, 1.54) is 5.56 Å². The Kier molecular flexibility index (Phi) is 5.51. The van der Waals surface area contributed by atoms with Crippen molar-refractivity contribution in [3.63, 3.8) is 0 Å². The number of carbonyl (C=O) groups is 2. The number of nitrogens with one attached hydrogen (secondary N) is 1. The predicted molar refractivity (Wildman–Crippen MR) is 101 cm³/mol. The van der Waals surface area contributed by atoms with Crippen molar-refractivity contribution < 1.29 is 9.59 Å². The highest BCUT2D eigenvalue weighted by molar-refractivity contribution is 5.94. The van der Waals surface area contributed by atoms with Crippen LogP contribution in [-0.2, 0) is 11.3 Å². The Morgan fingerprint density at radius 1 is 1.12 bits per heavy atom. The third kappa shape index (κ3) is 4.39. The molecule has 1 saturated heterocycles. The highest BCUT2D eigenvalue weighted by Crippen LogP contribution is 2.15. The number of piperazine rings is 1. The summed E-state index contributed by atoms with van der Waals surface area (Å²) in [6, 6.07) is 11.6. The molecule has 0 spiro atoms. The number of anilines is 1. The van der Waals surface area contributed by atoms with Gasteiger partial charge in [0.05, 0.1) is 0 Å². The first kappa shape index (κ1) is 17.9. The summed E-state index contributed by atoms with van der Waals surface area (Å²) >= 11 is 0. The van der Waals surface area contributed by atoms with Crippen LogP contribution in [-0.4, -0.2) is 47.9 Å². The van der Waals surface area contributed by atoms with Crippen LogP contribution in [0, 0.1) is 6.92 Å². The van der Waals surface area contributed by atoms with Gasteiger partial charge in [0, 0.05) is 51.4 Å². The normalized spacial score (nSPS) is 14.2. The van der Waals surface area contributed by atoms with E-state index in [1.807, 2.05) is 36.1 Å². The average molecular weight is 352 g/mol. The van der Waals surface area contributed by atoms with Gasteiger partial charge in [-0.1, -0.05) is 29.8 Å². The number of nitrogens with zero attached hydrogens (tertiary/aromatic N) is 3. The van der Waals surface area contributed by atoms with E-state index < -0.39 is 0 Å². The summed E-state index contributed by atoms with van der Waals surface area (Å²) in [4.78, 5) is 32.2. The van der Waals surface area contributed by atoms with Crippen molar-refractivity contribution in [2.24, 2.45) is 0 Å². The van der Waals surface area contributed by atoms with Gasteiger partial charge < -0.3 is 15.1 Å². The third-order valence-corrected chi connectivity index (χ3v) is 4.59. The Bertz CT molecular complexity index is 798. The Balaban J connectivity index is 1.61. The molecule has 1 N–H and O–H groups in total. The number of benzene rings is 1. The van der Waals surface area contributed by atoms with Crippen LogP contribution < -0.4 is 10.2 Å². The number of rotatable bonds is 4. The Morgan fingerprint density at radius 3 is 2.58 bits per heavy atom. The summed E-state index contributed by atoms with van der Waals surface area (Å²) in [5, 5.41) is 2.96. The zero-order chi connectivity index (χ0) is 18.5. The molecule has 1 fully saturated rings. The average Bonchev–Trinajstić information content (AvgIpc) is 2.66. The van der Waals surface area contributed by atoms with E-state index in [0.29, 0.717) is 25.2 Å². The highest BCUT2D eigenvalue weighted by atomic mass is 16.2. The molecule has 1 aliphatic heterocycles. The van der Waals surface area contributed by atoms with E-state index in [0.717, 1.165) is 24.5 Å². The summed E-state index contributed by atoms with van der Waals surface area (Å²) in [7, 11) is 0. The van der Waals surface area contributed by atoms with Crippen LogP contribution in [0.25, 0.3) is 0 Å². The van der Waals surface area contributed by atoms with Gasteiger partial charge >= 0.3 is 0 Å². The maximum Gasteiger partial charge on any atom is 0.251 e. The zero-order valence-corrected chi connectivity index (χ0v) is 15.2. The Labute approximate surface area is 153 Å². The summed E-state index contributed by atoms with van der Waals surface area (Å²) in [5.41, 5.74) is 2.84. The molecule has 1 aliphatic rings. The summed E-state index contributed by atoms with van der Waals surface area (Å²) < 4.78 is 0. The smallest absolute Gasteiger partial charge is 0.251 e. The van der Waals surface area contributed by atoms with Gasteiger partial charge in [-0.25, -0.2) is 4.98 Å². The molecule has 0 bridgehead atoms. The van der Waals surface area contributed by atoms with Crippen LogP contribution in [0.1, 0.15) is 28.4 Å². The molecule has 136 valence electrons. The summed E-state index contributed by atoms with van der Waals surface area (Å²) in [5.74, 6) is 0.760. The summed E-state index contributed by atoms with van der Waals surface area (Å²) in [6.07, 6.45) is 1.66. The summed E-state index contributed by atoms with van der Waals surface area (Å²) in [6.45, 7) is 6.93. The molecule has 0 saturated carbocycles. The van der Waals surface area contributed by atoms with Crippen LogP contribution in [0.2, 0.25) is 0 Å². The molecule has 0 aliphatic carbocycles.